The smallest absolute Gasteiger partial charge is 0.166 e. The predicted octanol–water partition coefficient (Wildman–Crippen LogP) is 4.13. The highest BCUT2D eigenvalue weighted by molar-refractivity contribution is 7.13. The lowest BCUT2D eigenvalue weighted by Gasteiger charge is -2.02. The molecule has 1 aromatic heterocycles. The molecule has 3 rings (SSSR count). The van der Waals surface area contributed by atoms with Gasteiger partial charge in [-0.1, -0.05) is 30.3 Å². The molecule has 1 heterocycles. The molecule has 0 unspecified atom stereocenters. The summed E-state index contributed by atoms with van der Waals surface area (Å²) in [7, 11) is 0. The lowest BCUT2D eigenvalue weighted by molar-refractivity contribution is 0.112. The predicted molar refractivity (Wildman–Crippen MR) is 80.0 cm³/mol. The van der Waals surface area contributed by atoms with Crippen LogP contribution in [0.25, 0.3) is 21.8 Å². The van der Waals surface area contributed by atoms with Crippen molar-refractivity contribution >= 4 is 17.6 Å². The summed E-state index contributed by atoms with van der Waals surface area (Å²) in [6.45, 7) is 0. The van der Waals surface area contributed by atoms with E-state index in [-0.39, 0.29) is 5.56 Å². The fraction of sp³-hybridized carbons (Fsp3) is 0. The SMILES string of the molecule is O=Cc1cc(-c2nc(-c3ccccc3)cs2)cc(F)c1O. The number of hydrogen-bond donors (Lipinski definition) is 1. The topological polar surface area (TPSA) is 50.2 Å². The van der Waals surface area contributed by atoms with Gasteiger partial charge in [-0.15, -0.1) is 11.3 Å². The second kappa shape index (κ2) is 5.46. The van der Waals surface area contributed by atoms with E-state index in [9.17, 15) is 14.3 Å². The first kappa shape index (κ1) is 13.5. The van der Waals surface area contributed by atoms with E-state index >= 15 is 0 Å². The molecular weight excluding hydrogens is 289 g/mol. The number of aromatic nitrogens is 1. The second-order valence-corrected chi connectivity index (χ2v) is 5.28. The standard InChI is InChI=1S/C16H10FNO2S/c17-13-7-11(6-12(8-19)15(13)20)16-18-14(9-21-16)10-4-2-1-3-5-10/h1-9,20H. The number of halogens is 1. The van der Waals surface area contributed by atoms with Crippen molar-refractivity contribution in [1.29, 1.82) is 0 Å². The summed E-state index contributed by atoms with van der Waals surface area (Å²) in [4.78, 5) is 15.3. The average Bonchev–Trinajstić information content (AvgIpc) is 3.00. The Labute approximate surface area is 124 Å². The van der Waals surface area contributed by atoms with Gasteiger partial charge >= 0.3 is 0 Å². The second-order valence-electron chi connectivity index (χ2n) is 4.42. The van der Waals surface area contributed by atoms with Crippen LogP contribution in [0.4, 0.5) is 4.39 Å². The molecule has 0 saturated heterocycles. The van der Waals surface area contributed by atoms with Gasteiger partial charge in [0.05, 0.1) is 11.3 Å². The van der Waals surface area contributed by atoms with Crippen LogP contribution in [0.1, 0.15) is 10.4 Å². The number of benzene rings is 2. The Morgan fingerprint density at radius 1 is 1.14 bits per heavy atom. The molecular formula is C16H10FNO2S. The lowest BCUT2D eigenvalue weighted by Crippen LogP contribution is -1.88. The van der Waals surface area contributed by atoms with Crippen molar-refractivity contribution in [3.05, 3.63) is 59.2 Å². The quantitative estimate of drug-likeness (QED) is 0.740. The minimum absolute atomic E-state index is 0.0820. The minimum atomic E-state index is -0.828. The molecule has 0 fully saturated rings. The van der Waals surface area contributed by atoms with Crippen molar-refractivity contribution in [3.8, 4) is 27.6 Å². The Hall–Kier alpha value is -2.53. The van der Waals surface area contributed by atoms with Crippen LogP contribution in [0, 0.1) is 5.82 Å². The molecule has 0 radical (unpaired) electrons. The first-order valence-corrected chi connectivity index (χ1v) is 7.06. The van der Waals surface area contributed by atoms with Crippen LogP contribution < -0.4 is 0 Å². The number of carbonyl (C=O) groups is 1. The Bertz CT molecular complexity index is 799. The average molecular weight is 299 g/mol. The summed E-state index contributed by atoms with van der Waals surface area (Å²) in [5.41, 5.74) is 2.15. The van der Waals surface area contributed by atoms with Crippen molar-refractivity contribution in [2.45, 2.75) is 0 Å². The maximum atomic E-state index is 13.6. The highest BCUT2D eigenvalue weighted by Crippen LogP contribution is 2.32. The number of aldehydes is 1. The molecule has 1 N–H and O–H groups in total. The number of phenols is 1. The van der Waals surface area contributed by atoms with Crippen LogP contribution >= 0.6 is 11.3 Å². The van der Waals surface area contributed by atoms with E-state index in [1.165, 1.54) is 23.5 Å². The van der Waals surface area contributed by atoms with Crippen LogP contribution in [0.5, 0.6) is 5.75 Å². The first-order chi connectivity index (χ1) is 10.2. The zero-order valence-electron chi connectivity index (χ0n) is 10.8. The van der Waals surface area contributed by atoms with Crippen LogP contribution in [0.2, 0.25) is 0 Å². The molecule has 0 bridgehead atoms. The molecule has 0 atom stereocenters. The van der Waals surface area contributed by atoms with Gasteiger partial charge in [0.15, 0.2) is 17.9 Å². The Morgan fingerprint density at radius 3 is 2.62 bits per heavy atom. The molecule has 0 amide bonds. The van der Waals surface area contributed by atoms with Crippen molar-refractivity contribution in [2.75, 3.05) is 0 Å². The number of thiazole rings is 1. The van der Waals surface area contributed by atoms with Crippen molar-refractivity contribution < 1.29 is 14.3 Å². The maximum Gasteiger partial charge on any atom is 0.166 e. The summed E-state index contributed by atoms with van der Waals surface area (Å²) in [5, 5.41) is 11.9. The lowest BCUT2D eigenvalue weighted by atomic mass is 10.1. The van der Waals surface area contributed by atoms with Crippen molar-refractivity contribution in [2.24, 2.45) is 0 Å². The highest BCUT2D eigenvalue weighted by atomic mass is 32.1. The Balaban J connectivity index is 2.05. The third-order valence-corrected chi connectivity index (χ3v) is 3.93. The summed E-state index contributed by atoms with van der Waals surface area (Å²) in [6, 6.07) is 12.2. The van der Waals surface area contributed by atoms with Crippen molar-refractivity contribution in [3.63, 3.8) is 0 Å². The summed E-state index contributed by atoms with van der Waals surface area (Å²) < 4.78 is 13.6. The van der Waals surface area contributed by atoms with E-state index in [0.29, 0.717) is 16.9 Å². The number of rotatable bonds is 3. The molecule has 21 heavy (non-hydrogen) atoms. The monoisotopic (exact) mass is 299 g/mol. The third-order valence-electron chi connectivity index (χ3n) is 3.04. The Morgan fingerprint density at radius 2 is 1.90 bits per heavy atom. The molecule has 0 aliphatic heterocycles. The molecule has 104 valence electrons. The highest BCUT2D eigenvalue weighted by Gasteiger charge is 2.13. The molecule has 5 heteroatoms. The normalized spacial score (nSPS) is 10.5. The van der Waals surface area contributed by atoms with E-state index in [2.05, 4.69) is 4.98 Å². The van der Waals surface area contributed by atoms with Gasteiger partial charge in [-0.2, -0.15) is 0 Å². The fourth-order valence-corrected chi connectivity index (χ4v) is 2.80. The molecule has 2 aromatic carbocycles. The van der Waals surface area contributed by atoms with E-state index in [1.807, 2.05) is 35.7 Å². The molecule has 3 nitrogen and oxygen atoms in total. The molecule has 0 spiro atoms. The summed E-state index contributed by atoms with van der Waals surface area (Å²) in [6.07, 6.45) is 0.424. The molecule has 0 aliphatic carbocycles. The number of nitrogens with zero attached hydrogens (tertiary/aromatic N) is 1. The van der Waals surface area contributed by atoms with E-state index in [0.717, 1.165) is 11.3 Å². The zero-order chi connectivity index (χ0) is 14.8. The third kappa shape index (κ3) is 2.55. The number of aromatic hydroxyl groups is 1. The van der Waals surface area contributed by atoms with Gasteiger partial charge in [0.2, 0.25) is 0 Å². The minimum Gasteiger partial charge on any atom is -0.504 e. The fourth-order valence-electron chi connectivity index (χ4n) is 1.98. The van der Waals surface area contributed by atoms with Crippen LogP contribution in [-0.2, 0) is 0 Å². The van der Waals surface area contributed by atoms with E-state index in [1.54, 1.807) is 0 Å². The largest absolute Gasteiger partial charge is 0.504 e. The van der Waals surface area contributed by atoms with Crippen molar-refractivity contribution in [1.82, 2.24) is 4.98 Å². The van der Waals surface area contributed by atoms with Gasteiger partial charge < -0.3 is 5.11 Å². The molecule has 3 aromatic rings. The van der Waals surface area contributed by atoms with Crippen LogP contribution in [-0.4, -0.2) is 16.4 Å². The number of carbonyl (C=O) groups excluding carboxylic acids is 1. The van der Waals surface area contributed by atoms with Gasteiger partial charge in [0.1, 0.15) is 5.01 Å². The van der Waals surface area contributed by atoms with Crippen LogP contribution in [0.15, 0.2) is 47.8 Å². The van der Waals surface area contributed by atoms with E-state index < -0.39 is 11.6 Å². The zero-order valence-corrected chi connectivity index (χ0v) is 11.6. The van der Waals surface area contributed by atoms with E-state index in [4.69, 9.17) is 0 Å². The van der Waals surface area contributed by atoms with Gasteiger partial charge in [-0.25, -0.2) is 9.37 Å². The van der Waals surface area contributed by atoms with Gasteiger partial charge in [-0.3, -0.25) is 4.79 Å². The molecule has 0 saturated carbocycles. The summed E-state index contributed by atoms with van der Waals surface area (Å²) in [5.74, 6) is -1.46. The number of phenolic OH excluding ortho intramolecular Hbond substituents is 1. The van der Waals surface area contributed by atoms with Gasteiger partial charge in [0, 0.05) is 16.5 Å². The first-order valence-electron chi connectivity index (χ1n) is 6.18. The summed E-state index contributed by atoms with van der Waals surface area (Å²) >= 11 is 1.36. The number of hydrogen-bond acceptors (Lipinski definition) is 4. The van der Waals surface area contributed by atoms with Gasteiger partial charge in [-0.05, 0) is 12.1 Å². The van der Waals surface area contributed by atoms with Crippen LogP contribution in [0.3, 0.4) is 0 Å². The molecule has 0 aliphatic rings. The maximum absolute atomic E-state index is 13.6. The Kier molecular flexibility index (Phi) is 3.50. The van der Waals surface area contributed by atoms with Gasteiger partial charge in [0.25, 0.3) is 0 Å².